The molecule has 0 atom stereocenters. The highest BCUT2D eigenvalue weighted by molar-refractivity contribution is 7.89. The van der Waals surface area contributed by atoms with Gasteiger partial charge in [0, 0.05) is 29.6 Å². The second-order valence-corrected chi connectivity index (χ2v) is 8.94. The zero-order valence-electron chi connectivity index (χ0n) is 15.3. The fraction of sp³-hybridized carbons (Fsp3) is 0.100. The molecular formula is C20H18FN3O3S2. The van der Waals surface area contributed by atoms with Crippen LogP contribution in [-0.4, -0.2) is 25.9 Å². The quantitative estimate of drug-likeness (QED) is 0.534. The Balaban J connectivity index is 1.65. The molecule has 0 unspecified atom stereocenters. The maximum atomic E-state index is 13.3. The number of carbonyl (C=O) groups is 1. The molecule has 1 aromatic heterocycles. The van der Waals surface area contributed by atoms with Gasteiger partial charge in [0.15, 0.2) is 5.13 Å². The minimum absolute atomic E-state index is 0.0579. The molecule has 3 rings (SSSR count). The number of thiazole rings is 1. The first-order valence-corrected chi connectivity index (χ1v) is 10.9. The van der Waals surface area contributed by atoms with Gasteiger partial charge in [0.25, 0.3) is 5.91 Å². The Bertz CT molecular complexity index is 1130. The van der Waals surface area contributed by atoms with E-state index in [9.17, 15) is 17.6 Å². The summed E-state index contributed by atoms with van der Waals surface area (Å²) in [5.41, 5.74) is 1.11. The summed E-state index contributed by atoms with van der Waals surface area (Å²) in [6, 6.07) is 11.9. The summed E-state index contributed by atoms with van der Waals surface area (Å²) in [5.74, 6) is -0.703. The molecule has 0 aliphatic rings. The van der Waals surface area contributed by atoms with Gasteiger partial charge in [-0.05, 0) is 42.0 Å². The van der Waals surface area contributed by atoms with Crippen molar-refractivity contribution in [1.82, 2.24) is 9.71 Å². The van der Waals surface area contributed by atoms with E-state index in [1.165, 1.54) is 53.8 Å². The standard InChI is InChI=1S/C20H18FN3O3S2/c1-2-10-23-29(26,27)18-8-6-15(7-9-18)19(25)24-20-22-13-17(28-20)12-14-4-3-5-16(21)11-14/h2-9,11,13,23H,1,10,12H2,(H,22,24,25). The van der Waals surface area contributed by atoms with Crippen LogP contribution in [0.25, 0.3) is 0 Å². The van der Waals surface area contributed by atoms with Crippen molar-refractivity contribution in [1.29, 1.82) is 0 Å². The Morgan fingerprint density at radius 2 is 1.97 bits per heavy atom. The molecule has 0 aliphatic carbocycles. The van der Waals surface area contributed by atoms with Crippen LogP contribution in [0.4, 0.5) is 9.52 Å². The number of hydrogen-bond donors (Lipinski definition) is 2. The maximum Gasteiger partial charge on any atom is 0.257 e. The lowest BCUT2D eigenvalue weighted by Gasteiger charge is -2.06. The molecule has 150 valence electrons. The lowest BCUT2D eigenvalue weighted by atomic mass is 10.1. The van der Waals surface area contributed by atoms with E-state index in [1.807, 2.05) is 6.07 Å². The van der Waals surface area contributed by atoms with E-state index in [4.69, 9.17) is 0 Å². The summed E-state index contributed by atoms with van der Waals surface area (Å²) in [7, 11) is -3.64. The highest BCUT2D eigenvalue weighted by Crippen LogP contribution is 2.22. The molecule has 0 bridgehead atoms. The Kier molecular flexibility index (Phi) is 6.53. The van der Waals surface area contributed by atoms with E-state index >= 15 is 0 Å². The summed E-state index contributed by atoms with van der Waals surface area (Å²) in [6.45, 7) is 3.58. The van der Waals surface area contributed by atoms with E-state index in [0.29, 0.717) is 17.1 Å². The van der Waals surface area contributed by atoms with Crippen LogP contribution in [0.15, 0.2) is 72.3 Å². The predicted octanol–water partition coefficient (Wildman–Crippen LogP) is 3.59. The van der Waals surface area contributed by atoms with Gasteiger partial charge in [-0.15, -0.1) is 17.9 Å². The minimum atomic E-state index is -3.64. The topological polar surface area (TPSA) is 88.2 Å². The monoisotopic (exact) mass is 431 g/mol. The summed E-state index contributed by atoms with van der Waals surface area (Å²) in [4.78, 5) is 17.5. The normalized spacial score (nSPS) is 11.2. The van der Waals surface area contributed by atoms with Crippen molar-refractivity contribution in [2.24, 2.45) is 0 Å². The molecule has 0 spiro atoms. The number of nitrogens with one attached hydrogen (secondary N) is 2. The summed E-state index contributed by atoms with van der Waals surface area (Å²) < 4.78 is 39.7. The highest BCUT2D eigenvalue weighted by Gasteiger charge is 2.15. The molecule has 0 saturated heterocycles. The summed E-state index contributed by atoms with van der Waals surface area (Å²) in [6.07, 6.45) is 3.58. The van der Waals surface area contributed by atoms with Gasteiger partial charge >= 0.3 is 0 Å². The number of sulfonamides is 1. The molecule has 0 aliphatic heterocycles. The van der Waals surface area contributed by atoms with Crippen LogP contribution in [0.2, 0.25) is 0 Å². The molecule has 1 amide bonds. The first kappa shape index (κ1) is 20.8. The molecule has 6 nitrogen and oxygen atoms in total. The van der Waals surface area contributed by atoms with Crippen LogP contribution in [0.3, 0.4) is 0 Å². The number of halogens is 1. The van der Waals surface area contributed by atoms with Gasteiger partial charge in [-0.1, -0.05) is 18.2 Å². The Hall–Kier alpha value is -2.88. The van der Waals surface area contributed by atoms with Crippen molar-refractivity contribution in [3.63, 3.8) is 0 Å². The summed E-state index contributed by atoms with van der Waals surface area (Å²) in [5, 5.41) is 3.09. The van der Waals surface area contributed by atoms with Gasteiger partial charge in [-0.25, -0.2) is 22.5 Å². The van der Waals surface area contributed by atoms with E-state index in [1.54, 1.807) is 12.3 Å². The molecule has 2 aromatic carbocycles. The second kappa shape index (κ2) is 9.08. The highest BCUT2D eigenvalue weighted by atomic mass is 32.2. The zero-order chi connectivity index (χ0) is 20.9. The van der Waals surface area contributed by atoms with Gasteiger partial charge < -0.3 is 0 Å². The lowest BCUT2D eigenvalue weighted by Crippen LogP contribution is -2.23. The second-order valence-electron chi connectivity index (χ2n) is 6.06. The molecule has 0 fully saturated rings. The van der Waals surface area contributed by atoms with E-state index in [-0.39, 0.29) is 17.3 Å². The van der Waals surface area contributed by atoms with Crippen molar-refractivity contribution >= 4 is 32.4 Å². The Labute approximate surface area is 172 Å². The molecule has 3 aromatic rings. The maximum absolute atomic E-state index is 13.3. The number of carbonyl (C=O) groups excluding carboxylic acids is 1. The van der Waals surface area contributed by atoms with Crippen LogP contribution < -0.4 is 10.0 Å². The number of benzene rings is 2. The van der Waals surface area contributed by atoms with Crippen LogP contribution in [0.1, 0.15) is 20.8 Å². The third kappa shape index (κ3) is 5.57. The number of hydrogen-bond acceptors (Lipinski definition) is 5. The number of rotatable bonds is 8. The largest absolute Gasteiger partial charge is 0.298 e. The van der Waals surface area contributed by atoms with E-state index in [2.05, 4.69) is 21.6 Å². The van der Waals surface area contributed by atoms with Crippen molar-refractivity contribution in [3.05, 3.63) is 89.2 Å². The van der Waals surface area contributed by atoms with Crippen LogP contribution >= 0.6 is 11.3 Å². The van der Waals surface area contributed by atoms with E-state index in [0.717, 1.165) is 10.4 Å². The number of aromatic nitrogens is 1. The first-order chi connectivity index (χ1) is 13.9. The molecule has 2 N–H and O–H groups in total. The number of nitrogens with zero attached hydrogens (tertiary/aromatic N) is 1. The Morgan fingerprint density at radius 3 is 2.66 bits per heavy atom. The summed E-state index contributed by atoms with van der Waals surface area (Å²) >= 11 is 1.29. The van der Waals surface area contributed by atoms with Gasteiger partial charge in [-0.3, -0.25) is 10.1 Å². The van der Waals surface area contributed by atoms with Gasteiger partial charge in [-0.2, -0.15) is 0 Å². The average molecular weight is 432 g/mol. The molecule has 0 radical (unpaired) electrons. The van der Waals surface area contributed by atoms with Crippen LogP contribution in [0, 0.1) is 5.82 Å². The average Bonchev–Trinajstić information content (AvgIpc) is 3.13. The fourth-order valence-corrected chi connectivity index (χ4v) is 4.34. The van der Waals surface area contributed by atoms with Crippen molar-refractivity contribution in [2.75, 3.05) is 11.9 Å². The Morgan fingerprint density at radius 1 is 1.21 bits per heavy atom. The van der Waals surface area contributed by atoms with Gasteiger partial charge in [0.1, 0.15) is 5.82 Å². The predicted molar refractivity (Wildman–Crippen MR) is 111 cm³/mol. The smallest absolute Gasteiger partial charge is 0.257 e. The fourth-order valence-electron chi connectivity index (χ4n) is 2.50. The van der Waals surface area contributed by atoms with Crippen molar-refractivity contribution in [2.45, 2.75) is 11.3 Å². The lowest BCUT2D eigenvalue weighted by molar-refractivity contribution is 0.102. The van der Waals surface area contributed by atoms with Crippen LogP contribution in [-0.2, 0) is 16.4 Å². The van der Waals surface area contributed by atoms with Gasteiger partial charge in [0.2, 0.25) is 10.0 Å². The zero-order valence-corrected chi connectivity index (χ0v) is 16.9. The van der Waals surface area contributed by atoms with Gasteiger partial charge in [0.05, 0.1) is 4.90 Å². The molecule has 1 heterocycles. The molecular weight excluding hydrogens is 413 g/mol. The number of anilines is 1. The third-order valence-electron chi connectivity index (χ3n) is 3.89. The molecule has 0 saturated carbocycles. The first-order valence-electron chi connectivity index (χ1n) is 8.58. The SMILES string of the molecule is C=CCNS(=O)(=O)c1ccc(C(=O)Nc2ncc(Cc3cccc(F)c3)s2)cc1. The number of amides is 1. The van der Waals surface area contributed by atoms with Crippen molar-refractivity contribution < 1.29 is 17.6 Å². The molecule has 9 heteroatoms. The molecule has 29 heavy (non-hydrogen) atoms. The minimum Gasteiger partial charge on any atom is -0.298 e. The van der Waals surface area contributed by atoms with E-state index < -0.39 is 15.9 Å². The third-order valence-corrected chi connectivity index (χ3v) is 6.24. The van der Waals surface area contributed by atoms with Crippen LogP contribution in [0.5, 0.6) is 0 Å². The van der Waals surface area contributed by atoms with Crippen molar-refractivity contribution in [3.8, 4) is 0 Å².